The van der Waals surface area contributed by atoms with Gasteiger partial charge in [0.15, 0.2) is 0 Å². The van der Waals surface area contributed by atoms with Gasteiger partial charge in [-0.2, -0.15) is 0 Å². The molecule has 14 heavy (non-hydrogen) atoms. The van der Waals surface area contributed by atoms with Crippen molar-refractivity contribution in [1.29, 1.82) is 0 Å². The van der Waals surface area contributed by atoms with Gasteiger partial charge in [0.05, 0.1) is 20.2 Å². The highest BCUT2D eigenvalue weighted by Crippen LogP contribution is 1.85. The first kappa shape index (κ1) is 12.8. The summed E-state index contributed by atoms with van der Waals surface area (Å²) in [5.41, 5.74) is 0. The Hall–Kier alpha value is -1.21. The van der Waals surface area contributed by atoms with Crippen molar-refractivity contribution in [1.82, 2.24) is 10.2 Å². The molecule has 1 amide bonds. The molecule has 0 spiro atoms. The molecule has 0 aliphatic rings. The maximum atomic E-state index is 10.9. The number of rotatable bonds is 4. The predicted molar refractivity (Wildman–Crippen MR) is 56.0 cm³/mol. The number of nitrogens with one attached hydrogen (secondary N) is 1. The van der Waals surface area contributed by atoms with Crippen LogP contribution in [0.5, 0.6) is 0 Å². The second-order valence-corrected chi connectivity index (χ2v) is 2.86. The van der Waals surface area contributed by atoms with Crippen molar-refractivity contribution in [2.75, 3.05) is 33.8 Å². The van der Waals surface area contributed by atoms with Gasteiger partial charge in [0.25, 0.3) is 0 Å². The van der Waals surface area contributed by atoms with Crippen molar-refractivity contribution >= 4 is 6.09 Å². The Morgan fingerprint density at radius 2 is 2.21 bits per heavy atom. The Bertz CT molecular complexity index is 218. The van der Waals surface area contributed by atoms with Gasteiger partial charge in [0, 0.05) is 7.05 Å². The summed E-state index contributed by atoms with van der Waals surface area (Å²) in [5.74, 6) is 5.79. The average Bonchev–Trinajstić information content (AvgIpc) is 2.21. The first-order valence-electron chi connectivity index (χ1n) is 4.67. The monoisotopic (exact) mass is 198 g/mol. The summed E-state index contributed by atoms with van der Waals surface area (Å²) in [4.78, 5) is 12.3. The van der Waals surface area contributed by atoms with Crippen molar-refractivity contribution in [3.8, 4) is 11.8 Å². The molecule has 4 nitrogen and oxygen atoms in total. The number of carbonyl (C=O) groups is 1. The second kappa shape index (κ2) is 8.39. The topological polar surface area (TPSA) is 41.6 Å². The van der Waals surface area contributed by atoms with Gasteiger partial charge in [-0.25, -0.2) is 4.79 Å². The predicted octanol–water partition coefficient (Wildman–Crippen LogP) is 0.688. The number of nitrogens with zero attached hydrogens (tertiary/aromatic N) is 1. The van der Waals surface area contributed by atoms with Crippen LogP contribution in [-0.4, -0.2) is 44.8 Å². The van der Waals surface area contributed by atoms with Crippen molar-refractivity contribution < 1.29 is 9.53 Å². The highest BCUT2D eigenvalue weighted by Gasteiger charge is 2.03. The molecule has 0 aliphatic heterocycles. The third kappa shape index (κ3) is 6.32. The van der Waals surface area contributed by atoms with E-state index >= 15 is 0 Å². The fraction of sp³-hybridized carbons (Fsp3) is 0.700. The SMILES string of the molecule is CCCNCC#CCN(C)C(=O)OC. The minimum absolute atomic E-state index is 0.360. The van der Waals surface area contributed by atoms with Gasteiger partial charge in [0.2, 0.25) is 0 Å². The smallest absolute Gasteiger partial charge is 0.410 e. The summed E-state index contributed by atoms with van der Waals surface area (Å²) in [7, 11) is 3.01. The highest BCUT2D eigenvalue weighted by atomic mass is 16.5. The Balaban J connectivity index is 3.54. The van der Waals surface area contributed by atoms with Gasteiger partial charge >= 0.3 is 6.09 Å². The molecule has 0 atom stereocenters. The van der Waals surface area contributed by atoms with Crippen LogP contribution in [0.25, 0.3) is 0 Å². The molecule has 0 saturated heterocycles. The van der Waals surface area contributed by atoms with Crippen molar-refractivity contribution in [3.05, 3.63) is 0 Å². The van der Waals surface area contributed by atoms with Crippen LogP contribution in [0.4, 0.5) is 4.79 Å². The Morgan fingerprint density at radius 1 is 1.50 bits per heavy atom. The summed E-state index contributed by atoms with van der Waals surface area (Å²) >= 11 is 0. The summed E-state index contributed by atoms with van der Waals surface area (Å²) in [6.45, 7) is 4.15. The van der Waals surface area contributed by atoms with E-state index in [-0.39, 0.29) is 6.09 Å². The number of hydrogen-bond acceptors (Lipinski definition) is 3. The zero-order valence-corrected chi connectivity index (χ0v) is 9.09. The molecule has 0 aliphatic carbocycles. The summed E-state index contributed by atoms with van der Waals surface area (Å²) in [5, 5.41) is 3.14. The number of hydrogen-bond donors (Lipinski definition) is 1. The maximum Gasteiger partial charge on any atom is 0.410 e. The van der Waals surface area contributed by atoms with E-state index in [1.54, 1.807) is 7.05 Å². The standard InChI is InChI=1S/C10H18N2O2/c1-4-7-11-8-5-6-9-12(2)10(13)14-3/h11H,4,7-9H2,1-3H3. The lowest BCUT2D eigenvalue weighted by Crippen LogP contribution is -2.26. The number of ether oxygens (including phenoxy) is 1. The third-order valence-corrected chi connectivity index (χ3v) is 1.57. The van der Waals surface area contributed by atoms with E-state index in [1.165, 1.54) is 12.0 Å². The maximum absolute atomic E-state index is 10.9. The molecule has 0 fully saturated rings. The van der Waals surface area contributed by atoms with Crippen LogP contribution in [0.15, 0.2) is 0 Å². The molecular weight excluding hydrogens is 180 g/mol. The van der Waals surface area contributed by atoms with E-state index in [9.17, 15) is 4.79 Å². The second-order valence-electron chi connectivity index (χ2n) is 2.86. The van der Waals surface area contributed by atoms with Gasteiger partial charge < -0.3 is 15.0 Å². The molecule has 80 valence electrons. The molecule has 0 bridgehead atoms. The van der Waals surface area contributed by atoms with Crippen LogP contribution >= 0.6 is 0 Å². The fourth-order valence-corrected chi connectivity index (χ4v) is 0.785. The Labute approximate surface area is 85.6 Å². The Kier molecular flexibility index (Phi) is 7.67. The lowest BCUT2D eigenvalue weighted by Gasteiger charge is -2.10. The molecular formula is C10H18N2O2. The first-order chi connectivity index (χ1) is 6.72. The van der Waals surface area contributed by atoms with E-state index in [2.05, 4.69) is 28.8 Å². The zero-order chi connectivity index (χ0) is 10.8. The fourth-order valence-electron chi connectivity index (χ4n) is 0.785. The van der Waals surface area contributed by atoms with Gasteiger partial charge in [0.1, 0.15) is 0 Å². The largest absolute Gasteiger partial charge is 0.453 e. The number of carbonyl (C=O) groups excluding carboxylic acids is 1. The number of amides is 1. The molecule has 4 heteroatoms. The molecule has 0 aromatic carbocycles. The van der Waals surface area contributed by atoms with Crippen LogP contribution in [0, 0.1) is 11.8 Å². The zero-order valence-electron chi connectivity index (χ0n) is 9.09. The van der Waals surface area contributed by atoms with E-state index in [0.717, 1.165) is 13.0 Å². The minimum atomic E-state index is -0.360. The van der Waals surface area contributed by atoms with Crippen molar-refractivity contribution in [3.63, 3.8) is 0 Å². The quantitative estimate of drug-likeness (QED) is 0.533. The molecule has 0 rings (SSSR count). The highest BCUT2D eigenvalue weighted by molar-refractivity contribution is 5.67. The van der Waals surface area contributed by atoms with Gasteiger partial charge in [-0.3, -0.25) is 0 Å². The molecule has 0 unspecified atom stereocenters. The van der Waals surface area contributed by atoms with E-state index < -0.39 is 0 Å². The minimum Gasteiger partial charge on any atom is -0.453 e. The Morgan fingerprint density at radius 3 is 2.79 bits per heavy atom. The van der Waals surface area contributed by atoms with Crippen LogP contribution in [0.2, 0.25) is 0 Å². The lowest BCUT2D eigenvalue weighted by atomic mass is 10.4. The van der Waals surface area contributed by atoms with Crippen LogP contribution < -0.4 is 5.32 Å². The van der Waals surface area contributed by atoms with Crippen LogP contribution in [0.1, 0.15) is 13.3 Å². The van der Waals surface area contributed by atoms with E-state index in [1.807, 2.05) is 0 Å². The van der Waals surface area contributed by atoms with Gasteiger partial charge in [-0.15, -0.1) is 0 Å². The lowest BCUT2D eigenvalue weighted by molar-refractivity contribution is 0.138. The van der Waals surface area contributed by atoms with Crippen molar-refractivity contribution in [2.24, 2.45) is 0 Å². The van der Waals surface area contributed by atoms with Gasteiger partial charge in [-0.05, 0) is 13.0 Å². The molecule has 1 N–H and O–H groups in total. The summed E-state index contributed by atoms with van der Waals surface area (Å²) in [6, 6.07) is 0. The molecule has 0 aromatic heterocycles. The third-order valence-electron chi connectivity index (χ3n) is 1.57. The van der Waals surface area contributed by atoms with Crippen molar-refractivity contribution in [2.45, 2.75) is 13.3 Å². The number of methoxy groups -OCH3 is 1. The molecule has 0 aromatic rings. The van der Waals surface area contributed by atoms with E-state index in [0.29, 0.717) is 13.1 Å². The summed E-state index contributed by atoms with van der Waals surface area (Å²) < 4.78 is 4.51. The molecule has 0 heterocycles. The molecule has 0 saturated carbocycles. The van der Waals surface area contributed by atoms with Gasteiger partial charge in [-0.1, -0.05) is 18.8 Å². The normalized spacial score (nSPS) is 8.79. The first-order valence-corrected chi connectivity index (χ1v) is 4.67. The average molecular weight is 198 g/mol. The van der Waals surface area contributed by atoms with E-state index in [4.69, 9.17) is 0 Å². The van der Waals surface area contributed by atoms with Crippen LogP contribution in [0.3, 0.4) is 0 Å². The summed E-state index contributed by atoms with van der Waals surface area (Å²) in [6.07, 6.45) is 0.741. The van der Waals surface area contributed by atoms with Crippen LogP contribution in [-0.2, 0) is 4.74 Å². The molecule has 0 radical (unpaired) electrons.